The zero-order valence-corrected chi connectivity index (χ0v) is 13.1. The zero-order valence-electron chi connectivity index (χ0n) is 13.1. The summed E-state index contributed by atoms with van der Waals surface area (Å²) in [7, 11) is 0. The average Bonchev–Trinajstić information content (AvgIpc) is 3.11. The molecule has 1 aromatic carbocycles. The van der Waals surface area contributed by atoms with Crippen molar-refractivity contribution in [3.63, 3.8) is 0 Å². The summed E-state index contributed by atoms with van der Waals surface area (Å²) in [5.74, 6) is 2.29. The second-order valence-corrected chi connectivity index (χ2v) is 6.32. The van der Waals surface area contributed by atoms with E-state index < -0.39 is 0 Å². The predicted molar refractivity (Wildman–Crippen MR) is 92.3 cm³/mol. The van der Waals surface area contributed by atoms with Gasteiger partial charge in [0.05, 0.1) is 11.7 Å². The Morgan fingerprint density at radius 2 is 2.12 bits per heavy atom. The highest BCUT2D eigenvalue weighted by Gasteiger charge is 2.28. The fourth-order valence-electron chi connectivity index (χ4n) is 3.03. The van der Waals surface area contributed by atoms with Crippen LogP contribution < -0.4 is 11.1 Å². The third-order valence-corrected chi connectivity index (χ3v) is 4.42. The first-order chi connectivity index (χ1) is 11.7. The monoisotopic (exact) mass is 320 g/mol. The van der Waals surface area contributed by atoms with Gasteiger partial charge in [-0.25, -0.2) is 4.98 Å². The minimum absolute atomic E-state index is 0.355. The number of anilines is 3. The first-order valence-electron chi connectivity index (χ1n) is 7.95. The van der Waals surface area contributed by atoms with Gasteiger partial charge in [-0.2, -0.15) is 10.1 Å². The van der Waals surface area contributed by atoms with Crippen molar-refractivity contribution in [3.05, 3.63) is 35.7 Å². The largest absolute Gasteiger partial charge is 0.455 e. The van der Waals surface area contributed by atoms with Crippen molar-refractivity contribution in [2.24, 2.45) is 0 Å². The van der Waals surface area contributed by atoms with Crippen molar-refractivity contribution in [2.75, 3.05) is 11.1 Å². The molecule has 120 valence electrons. The number of aryl methyl sites for hydroxylation is 1. The van der Waals surface area contributed by atoms with E-state index in [1.54, 1.807) is 0 Å². The number of aromatic amines is 1. The van der Waals surface area contributed by atoms with E-state index >= 15 is 0 Å². The molecule has 4 aromatic rings. The predicted octanol–water partition coefficient (Wildman–Crippen LogP) is 3.61. The van der Waals surface area contributed by atoms with Crippen LogP contribution in [0.15, 0.2) is 28.8 Å². The molecule has 5 rings (SSSR count). The van der Waals surface area contributed by atoms with Crippen LogP contribution in [-0.2, 0) is 0 Å². The summed E-state index contributed by atoms with van der Waals surface area (Å²) in [5, 5.41) is 11.4. The molecule has 3 heterocycles. The summed E-state index contributed by atoms with van der Waals surface area (Å²) < 4.78 is 5.80. The molecule has 0 saturated heterocycles. The van der Waals surface area contributed by atoms with Crippen LogP contribution in [0, 0.1) is 6.92 Å². The number of benzene rings is 1. The molecule has 0 spiro atoms. The molecule has 0 radical (unpaired) electrons. The molecule has 1 saturated carbocycles. The highest BCUT2D eigenvalue weighted by Crippen LogP contribution is 2.42. The van der Waals surface area contributed by atoms with Gasteiger partial charge < -0.3 is 15.5 Å². The molecule has 3 aromatic heterocycles. The molecule has 0 amide bonds. The van der Waals surface area contributed by atoms with Gasteiger partial charge in [0.15, 0.2) is 11.4 Å². The van der Waals surface area contributed by atoms with Crippen LogP contribution in [0.25, 0.3) is 22.0 Å². The van der Waals surface area contributed by atoms with E-state index in [9.17, 15) is 0 Å². The number of hydrogen-bond acceptors (Lipinski definition) is 6. The van der Waals surface area contributed by atoms with Crippen molar-refractivity contribution in [3.8, 4) is 0 Å². The normalized spacial score (nSPS) is 14.5. The Kier molecular flexibility index (Phi) is 2.62. The number of nitrogens with two attached hydrogens (primary N) is 1. The second-order valence-electron chi connectivity index (χ2n) is 6.32. The van der Waals surface area contributed by atoms with E-state index in [2.05, 4.69) is 25.5 Å². The van der Waals surface area contributed by atoms with E-state index in [1.165, 1.54) is 12.8 Å². The van der Waals surface area contributed by atoms with Gasteiger partial charge in [0.1, 0.15) is 11.3 Å². The first kappa shape index (κ1) is 13.4. The lowest BCUT2D eigenvalue weighted by Crippen LogP contribution is -2.00. The molecule has 0 aliphatic heterocycles. The molecule has 7 heteroatoms. The number of H-pyrrole nitrogens is 1. The molecular weight excluding hydrogens is 304 g/mol. The fraction of sp³-hybridized carbons (Fsp3) is 0.235. The van der Waals surface area contributed by atoms with Crippen LogP contribution in [0.5, 0.6) is 0 Å². The minimum Gasteiger partial charge on any atom is -0.455 e. The minimum atomic E-state index is 0.355. The van der Waals surface area contributed by atoms with E-state index in [0.717, 1.165) is 33.4 Å². The molecule has 7 nitrogen and oxygen atoms in total. The van der Waals surface area contributed by atoms with Crippen LogP contribution >= 0.6 is 0 Å². The van der Waals surface area contributed by atoms with Crippen molar-refractivity contribution >= 4 is 39.5 Å². The summed E-state index contributed by atoms with van der Waals surface area (Å²) in [6, 6.07) is 5.98. The van der Waals surface area contributed by atoms with Gasteiger partial charge in [-0.05, 0) is 37.5 Å². The van der Waals surface area contributed by atoms with Gasteiger partial charge >= 0.3 is 0 Å². The molecule has 0 bridgehead atoms. The molecule has 1 aliphatic carbocycles. The summed E-state index contributed by atoms with van der Waals surface area (Å²) in [6.07, 6.45) is 4.16. The van der Waals surface area contributed by atoms with Gasteiger partial charge in [-0.1, -0.05) is 0 Å². The van der Waals surface area contributed by atoms with Crippen molar-refractivity contribution < 1.29 is 4.42 Å². The van der Waals surface area contributed by atoms with E-state index in [0.29, 0.717) is 23.3 Å². The Morgan fingerprint density at radius 3 is 2.96 bits per heavy atom. The van der Waals surface area contributed by atoms with Crippen molar-refractivity contribution in [1.29, 1.82) is 0 Å². The standard InChI is InChI=1S/C17H16N6O/c1-8-4-10(5-12-11(8)7-19-23-12)20-17-21-13-6-14(9-2-3-9)24-15(13)16(18)22-17/h4-7,9H,2-3H2,1H3,(H,19,23)(H3,18,20,21,22). The molecule has 0 unspecified atom stereocenters. The number of nitrogens with zero attached hydrogens (tertiary/aromatic N) is 3. The number of hydrogen-bond donors (Lipinski definition) is 3. The summed E-state index contributed by atoms with van der Waals surface area (Å²) in [5.41, 5.74) is 10.3. The molecule has 1 fully saturated rings. The second kappa shape index (κ2) is 4.70. The highest BCUT2D eigenvalue weighted by atomic mass is 16.3. The number of nitrogen functional groups attached to an aromatic ring is 1. The Labute approximate surface area is 137 Å². The number of aromatic nitrogens is 4. The number of rotatable bonds is 3. The summed E-state index contributed by atoms with van der Waals surface area (Å²) in [4.78, 5) is 8.86. The summed E-state index contributed by atoms with van der Waals surface area (Å²) in [6.45, 7) is 2.04. The number of nitrogens with one attached hydrogen (secondary N) is 2. The molecule has 24 heavy (non-hydrogen) atoms. The first-order valence-corrected chi connectivity index (χ1v) is 7.95. The van der Waals surface area contributed by atoms with E-state index in [4.69, 9.17) is 10.2 Å². The van der Waals surface area contributed by atoms with Crippen LogP contribution in [0.3, 0.4) is 0 Å². The fourth-order valence-corrected chi connectivity index (χ4v) is 3.03. The molecule has 0 atom stereocenters. The van der Waals surface area contributed by atoms with E-state index in [-0.39, 0.29) is 0 Å². The lowest BCUT2D eigenvalue weighted by molar-refractivity contribution is 0.552. The van der Waals surface area contributed by atoms with Gasteiger partial charge in [-0.15, -0.1) is 0 Å². The third kappa shape index (κ3) is 2.09. The summed E-state index contributed by atoms with van der Waals surface area (Å²) >= 11 is 0. The topological polar surface area (TPSA) is 106 Å². The molecule has 1 aliphatic rings. The third-order valence-electron chi connectivity index (χ3n) is 4.42. The average molecular weight is 320 g/mol. The maximum Gasteiger partial charge on any atom is 0.229 e. The van der Waals surface area contributed by atoms with Gasteiger partial charge in [0.2, 0.25) is 5.95 Å². The van der Waals surface area contributed by atoms with Crippen LogP contribution in [0.1, 0.15) is 30.1 Å². The van der Waals surface area contributed by atoms with E-state index in [1.807, 2.05) is 31.3 Å². The quantitative estimate of drug-likeness (QED) is 0.532. The maximum atomic E-state index is 6.05. The van der Waals surface area contributed by atoms with Gasteiger partial charge in [0.25, 0.3) is 0 Å². The Bertz CT molecular complexity index is 1080. The lowest BCUT2D eigenvalue weighted by Gasteiger charge is -2.07. The SMILES string of the molecule is Cc1cc(Nc2nc(N)c3oc(C4CC4)cc3n2)cc2[nH]ncc12. The molecule has 4 N–H and O–H groups in total. The van der Waals surface area contributed by atoms with Crippen LogP contribution in [-0.4, -0.2) is 20.2 Å². The maximum absolute atomic E-state index is 6.05. The zero-order chi connectivity index (χ0) is 16.3. The number of fused-ring (bicyclic) bond motifs is 2. The van der Waals surface area contributed by atoms with Crippen molar-refractivity contribution in [1.82, 2.24) is 20.2 Å². The Balaban J connectivity index is 1.55. The highest BCUT2D eigenvalue weighted by molar-refractivity contribution is 5.87. The smallest absolute Gasteiger partial charge is 0.229 e. The van der Waals surface area contributed by atoms with Gasteiger partial charge in [-0.3, -0.25) is 5.10 Å². The Morgan fingerprint density at radius 1 is 1.25 bits per heavy atom. The van der Waals surface area contributed by atoms with Crippen LogP contribution in [0.2, 0.25) is 0 Å². The lowest BCUT2D eigenvalue weighted by atomic mass is 10.1. The van der Waals surface area contributed by atoms with Gasteiger partial charge in [0, 0.05) is 23.1 Å². The van der Waals surface area contributed by atoms with Crippen molar-refractivity contribution in [2.45, 2.75) is 25.7 Å². The van der Waals surface area contributed by atoms with Crippen LogP contribution in [0.4, 0.5) is 17.5 Å². The number of furan rings is 1. The molecular formula is C17H16N6O. The Hall–Kier alpha value is -3.09.